The molecule has 0 aliphatic carbocycles. The summed E-state index contributed by atoms with van der Waals surface area (Å²) in [4.78, 5) is 4.03. The Labute approximate surface area is 131 Å². The zero-order chi connectivity index (χ0) is 16.6. The largest absolute Gasteiger partial charge is 0.503 e. The number of hydrogen-bond donors (Lipinski definition) is 1. The molecule has 4 nitrogen and oxygen atoms in total. The first-order valence-electron chi connectivity index (χ1n) is 6.25. The third kappa shape index (κ3) is 2.78. The molecule has 0 spiro atoms. The van der Waals surface area contributed by atoms with Crippen LogP contribution in [0.5, 0.6) is 0 Å². The molecule has 3 aromatic rings. The van der Waals surface area contributed by atoms with E-state index in [0.29, 0.717) is 4.70 Å². The number of allylic oxidation sites excluding steroid dienone is 1. The highest BCUT2D eigenvalue weighted by molar-refractivity contribution is 7.19. The summed E-state index contributed by atoms with van der Waals surface area (Å²) in [6, 6.07) is 7.96. The summed E-state index contributed by atoms with van der Waals surface area (Å²) < 4.78 is 43.7. The summed E-state index contributed by atoms with van der Waals surface area (Å²) in [5.74, 6) is -0.329. The Morgan fingerprint density at radius 2 is 2.09 bits per heavy atom. The summed E-state index contributed by atoms with van der Waals surface area (Å²) in [6.07, 6.45) is -3.14. The number of thiazole rings is 1. The lowest BCUT2D eigenvalue weighted by Crippen LogP contribution is -2.03. The zero-order valence-electron chi connectivity index (χ0n) is 11.3. The number of aromatic nitrogens is 1. The number of nitrogens with zero attached hydrogens (tertiary/aromatic N) is 2. The van der Waals surface area contributed by atoms with Crippen LogP contribution in [-0.4, -0.2) is 10.1 Å². The second kappa shape index (κ2) is 5.44. The molecule has 0 saturated carbocycles. The highest BCUT2D eigenvalue weighted by Crippen LogP contribution is 2.35. The van der Waals surface area contributed by atoms with Crippen molar-refractivity contribution < 1.29 is 22.7 Å². The van der Waals surface area contributed by atoms with Crippen LogP contribution in [0, 0.1) is 11.3 Å². The maximum absolute atomic E-state index is 12.7. The van der Waals surface area contributed by atoms with Gasteiger partial charge in [0.2, 0.25) is 0 Å². The molecular formula is C15H7F3N2O2S. The van der Waals surface area contributed by atoms with Crippen LogP contribution in [0.2, 0.25) is 0 Å². The van der Waals surface area contributed by atoms with Crippen molar-refractivity contribution in [1.82, 2.24) is 4.98 Å². The summed E-state index contributed by atoms with van der Waals surface area (Å²) in [7, 11) is 0. The lowest BCUT2D eigenvalue weighted by atomic mass is 10.2. The lowest BCUT2D eigenvalue weighted by Gasteiger charge is -2.04. The van der Waals surface area contributed by atoms with Crippen molar-refractivity contribution in [3.63, 3.8) is 0 Å². The summed E-state index contributed by atoms with van der Waals surface area (Å²) in [6.45, 7) is 0. The van der Waals surface area contributed by atoms with Gasteiger partial charge in [-0.3, -0.25) is 0 Å². The van der Waals surface area contributed by atoms with E-state index in [1.54, 1.807) is 0 Å². The highest BCUT2D eigenvalue weighted by Gasteiger charge is 2.31. The smallest absolute Gasteiger partial charge is 0.416 e. The molecule has 0 atom stereocenters. The topological polar surface area (TPSA) is 70.0 Å². The van der Waals surface area contributed by atoms with E-state index in [1.165, 1.54) is 24.5 Å². The number of aliphatic hydroxyl groups is 1. The molecule has 0 aliphatic heterocycles. The molecule has 8 heteroatoms. The SMILES string of the molecule is N#C/C(=C(/O)c1ccco1)c1nc2cc(C(F)(F)F)ccc2s1. The van der Waals surface area contributed by atoms with Gasteiger partial charge in [-0.05, 0) is 30.3 Å². The maximum Gasteiger partial charge on any atom is 0.416 e. The zero-order valence-corrected chi connectivity index (χ0v) is 12.1. The molecular weight excluding hydrogens is 329 g/mol. The summed E-state index contributed by atoms with van der Waals surface area (Å²) in [5, 5.41) is 19.4. The molecule has 1 aromatic carbocycles. The molecule has 3 rings (SSSR count). The minimum Gasteiger partial charge on any atom is -0.503 e. The van der Waals surface area contributed by atoms with Crippen LogP contribution < -0.4 is 0 Å². The van der Waals surface area contributed by atoms with Gasteiger partial charge < -0.3 is 9.52 Å². The van der Waals surface area contributed by atoms with E-state index in [2.05, 4.69) is 4.98 Å². The number of nitriles is 1. The first-order chi connectivity index (χ1) is 10.9. The van der Waals surface area contributed by atoms with Crippen molar-refractivity contribution in [3.8, 4) is 6.07 Å². The van der Waals surface area contributed by atoms with E-state index in [1.807, 2.05) is 6.07 Å². The predicted octanol–water partition coefficient (Wildman–Crippen LogP) is 4.86. The van der Waals surface area contributed by atoms with Gasteiger partial charge >= 0.3 is 6.18 Å². The van der Waals surface area contributed by atoms with Crippen LogP contribution >= 0.6 is 11.3 Å². The van der Waals surface area contributed by atoms with Crippen LogP contribution in [-0.2, 0) is 6.18 Å². The Balaban J connectivity index is 2.13. The van der Waals surface area contributed by atoms with Gasteiger partial charge in [0.1, 0.15) is 16.6 Å². The number of furan rings is 1. The highest BCUT2D eigenvalue weighted by atomic mass is 32.1. The fraction of sp³-hybridized carbons (Fsp3) is 0.0667. The molecule has 0 amide bonds. The fourth-order valence-corrected chi connectivity index (χ4v) is 2.89. The molecule has 0 unspecified atom stereocenters. The van der Waals surface area contributed by atoms with E-state index < -0.39 is 17.5 Å². The summed E-state index contributed by atoms with van der Waals surface area (Å²) in [5.41, 5.74) is -0.867. The molecule has 1 N–H and O–H groups in total. The van der Waals surface area contributed by atoms with Crippen LogP contribution in [0.4, 0.5) is 13.2 Å². The molecule has 0 radical (unpaired) electrons. The van der Waals surface area contributed by atoms with Crippen molar-refractivity contribution in [2.24, 2.45) is 0 Å². The second-order valence-electron chi connectivity index (χ2n) is 4.51. The Bertz CT molecular complexity index is 934. The number of benzene rings is 1. The standard InChI is InChI=1S/C15H7F3N2O2S/c16-15(17,18)8-3-4-12-10(6-8)20-14(23-12)9(7-19)13(21)11-2-1-5-22-11/h1-6,21H/b13-9-. The fourth-order valence-electron chi connectivity index (χ4n) is 1.95. The molecule has 0 aliphatic rings. The first-order valence-corrected chi connectivity index (χ1v) is 7.07. The minimum atomic E-state index is -4.47. The monoisotopic (exact) mass is 336 g/mol. The van der Waals surface area contributed by atoms with Gasteiger partial charge in [-0.2, -0.15) is 18.4 Å². The second-order valence-corrected chi connectivity index (χ2v) is 5.54. The van der Waals surface area contributed by atoms with Crippen molar-refractivity contribution in [3.05, 3.63) is 52.9 Å². The van der Waals surface area contributed by atoms with Crippen molar-refractivity contribution >= 4 is 32.9 Å². The average Bonchev–Trinajstić information content (AvgIpc) is 3.15. The number of halogens is 3. The average molecular weight is 336 g/mol. The molecule has 0 saturated heterocycles. The summed E-state index contributed by atoms with van der Waals surface area (Å²) >= 11 is 1.01. The van der Waals surface area contributed by atoms with Gasteiger partial charge in [-0.25, -0.2) is 4.98 Å². The predicted molar refractivity (Wildman–Crippen MR) is 78.4 cm³/mol. The third-order valence-electron chi connectivity index (χ3n) is 3.03. The van der Waals surface area contributed by atoms with Crippen LogP contribution in [0.25, 0.3) is 21.5 Å². The molecule has 0 bridgehead atoms. The third-order valence-corrected chi connectivity index (χ3v) is 4.09. The van der Waals surface area contributed by atoms with E-state index in [9.17, 15) is 23.5 Å². The Hall–Kier alpha value is -2.79. The van der Waals surface area contributed by atoms with E-state index in [0.717, 1.165) is 23.5 Å². The van der Waals surface area contributed by atoms with Crippen molar-refractivity contribution in [1.29, 1.82) is 5.26 Å². The van der Waals surface area contributed by atoms with Crippen LogP contribution in [0.3, 0.4) is 0 Å². The first kappa shape index (κ1) is 15.1. The van der Waals surface area contributed by atoms with Gasteiger partial charge in [0.25, 0.3) is 0 Å². The Morgan fingerprint density at radius 1 is 1.30 bits per heavy atom. The normalized spacial score (nSPS) is 13.0. The number of hydrogen-bond acceptors (Lipinski definition) is 5. The minimum absolute atomic E-state index is 0.0804. The molecule has 2 heterocycles. The van der Waals surface area contributed by atoms with E-state index in [4.69, 9.17) is 4.42 Å². The van der Waals surface area contributed by atoms with Gasteiger partial charge in [0.15, 0.2) is 11.5 Å². The van der Waals surface area contributed by atoms with Crippen molar-refractivity contribution in [2.75, 3.05) is 0 Å². The number of fused-ring (bicyclic) bond motifs is 1. The van der Waals surface area contributed by atoms with Crippen molar-refractivity contribution in [2.45, 2.75) is 6.18 Å². The van der Waals surface area contributed by atoms with Crippen LogP contribution in [0.15, 0.2) is 41.0 Å². The molecule has 2 aromatic heterocycles. The Morgan fingerprint density at radius 3 is 2.70 bits per heavy atom. The number of rotatable bonds is 2. The quantitative estimate of drug-likeness (QED) is 0.536. The maximum atomic E-state index is 12.7. The molecule has 0 fully saturated rings. The van der Waals surface area contributed by atoms with E-state index in [-0.39, 0.29) is 21.9 Å². The number of aliphatic hydroxyl groups excluding tert-OH is 1. The van der Waals surface area contributed by atoms with Gasteiger partial charge in [-0.1, -0.05) is 0 Å². The number of alkyl halides is 3. The lowest BCUT2D eigenvalue weighted by molar-refractivity contribution is -0.137. The van der Waals surface area contributed by atoms with E-state index >= 15 is 0 Å². The molecule has 23 heavy (non-hydrogen) atoms. The molecule has 116 valence electrons. The van der Waals surface area contributed by atoms with Gasteiger partial charge in [0.05, 0.1) is 22.0 Å². The van der Waals surface area contributed by atoms with Crippen LogP contribution in [0.1, 0.15) is 16.3 Å². The van der Waals surface area contributed by atoms with Gasteiger partial charge in [0, 0.05) is 0 Å². The van der Waals surface area contributed by atoms with Gasteiger partial charge in [-0.15, -0.1) is 11.3 Å². The Kier molecular flexibility index (Phi) is 3.58.